The third-order valence-corrected chi connectivity index (χ3v) is 3.77. The molecular weight excluding hydrogens is 267 g/mol. The largest absolute Gasteiger partial charge is 0.347 e. The van der Waals surface area contributed by atoms with Gasteiger partial charge < -0.3 is 5.32 Å². The summed E-state index contributed by atoms with van der Waals surface area (Å²) in [6, 6.07) is 16.3. The summed E-state index contributed by atoms with van der Waals surface area (Å²) < 4.78 is 15.1. The van der Waals surface area contributed by atoms with E-state index in [4.69, 9.17) is 0 Å². The van der Waals surface area contributed by atoms with Crippen LogP contribution in [0.5, 0.6) is 0 Å². The van der Waals surface area contributed by atoms with E-state index in [1.165, 1.54) is 0 Å². The van der Waals surface area contributed by atoms with Gasteiger partial charge in [-0.1, -0.05) is 42.5 Å². The highest BCUT2D eigenvalue weighted by Gasteiger charge is 2.36. The van der Waals surface area contributed by atoms with Gasteiger partial charge in [0.25, 0.3) is 5.91 Å². The van der Waals surface area contributed by atoms with Crippen molar-refractivity contribution in [3.8, 4) is 0 Å². The van der Waals surface area contributed by atoms with Gasteiger partial charge >= 0.3 is 0 Å². The van der Waals surface area contributed by atoms with Crippen molar-refractivity contribution in [2.75, 3.05) is 13.1 Å². The number of hydrogen-bond acceptors (Lipinski definition) is 2. The molecule has 0 aromatic heterocycles. The highest BCUT2D eigenvalue weighted by molar-refractivity contribution is 5.94. The van der Waals surface area contributed by atoms with Crippen LogP contribution in [0.3, 0.4) is 0 Å². The lowest BCUT2D eigenvalue weighted by Crippen LogP contribution is -2.51. The maximum Gasteiger partial charge on any atom is 0.251 e. The van der Waals surface area contributed by atoms with Crippen molar-refractivity contribution in [3.63, 3.8) is 0 Å². The molecule has 0 aliphatic carbocycles. The fourth-order valence-electron chi connectivity index (χ4n) is 2.67. The highest BCUT2D eigenvalue weighted by Crippen LogP contribution is 2.29. The fourth-order valence-corrected chi connectivity index (χ4v) is 2.67. The molecule has 1 atom stereocenters. The zero-order valence-electron chi connectivity index (χ0n) is 11.6. The van der Waals surface area contributed by atoms with E-state index in [2.05, 4.69) is 10.6 Å². The number of hydrogen-bond donors (Lipinski definition) is 2. The number of halogens is 1. The van der Waals surface area contributed by atoms with Crippen molar-refractivity contribution in [3.05, 3.63) is 71.3 Å². The Morgan fingerprint density at radius 3 is 2.67 bits per heavy atom. The van der Waals surface area contributed by atoms with Crippen LogP contribution in [0.25, 0.3) is 0 Å². The van der Waals surface area contributed by atoms with Crippen LogP contribution < -0.4 is 10.6 Å². The fraction of sp³-hybridized carbons (Fsp3) is 0.235. The van der Waals surface area contributed by atoms with Crippen LogP contribution >= 0.6 is 0 Å². The molecule has 1 aliphatic heterocycles. The number of amides is 1. The van der Waals surface area contributed by atoms with Gasteiger partial charge in [-0.15, -0.1) is 0 Å². The first kappa shape index (κ1) is 13.8. The molecule has 2 N–H and O–H groups in total. The quantitative estimate of drug-likeness (QED) is 0.850. The lowest BCUT2D eigenvalue weighted by Gasteiger charge is -2.33. The Labute approximate surface area is 123 Å². The summed E-state index contributed by atoms with van der Waals surface area (Å²) in [5.41, 5.74) is 2.14. The number of fused-ring (bicyclic) bond motifs is 1. The third kappa shape index (κ3) is 2.81. The molecule has 2 aromatic rings. The summed E-state index contributed by atoms with van der Waals surface area (Å²) in [7, 11) is 0. The molecule has 0 spiro atoms. The predicted molar refractivity (Wildman–Crippen MR) is 79.7 cm³/mol. The van der Waals surface area contributed by atoms with Crippen molar-refractivity contribution in [1.29, 1.82) is 0 Å². The first-order chi connectivity index (χ1) is 10.2. The molecule has 3 nitrogen and oxygen atoms in total. The van der Waals surface area contributed by atoms with Crippen LogP contribution in [0.15, 0.2) is 54.6 Å². The SMILES string of the molecule is O=C(NCC1(F)NCCc2ccccc21)c1ccccc1. The van der Waals surface area contributed by atoms with Gasteiger partial charge in [-0.05, 0) is 24.1 Å². The van der Waals surface area contributed by atoms with Crippen molar-refractivity contribution in [2.45, 2.75) is 12.2 Å². The Kier molecular flexibility index (Phi) is 3.71. The van der Waals surface area contributed by atoms with Crippen LogP contribution in [0.2, 0.25) is 0 Å². The maximum absolute atomic E-state index is 15.1. The monoisotopic (exact) mass is 284 g/mol. The van der Waals surface area contributed by atoms with Crippen molar-refractivity contribution in [1.82, 2.24) is 10.6 Å². The lowest BCUT2D eigenvalue weighted by atomic mass is 9.92. The second kappa shape index (κ2) is 5.66. The molecule has 0 saturated heterocycles. The van der Waals surface area contributed by atoms with Gasteiger partial charge in [0.1, 0.15) is 0 Å². The summed E-state index contributed by atoms with van der Waals surface area (Å²) >= 11 is 0. The molecule has 0 saturated carbocycles. The molecule has 0 fully saturated rings. The van der Waals surface area contributed by atoms with Gasteiger partial charge in [0.05, 0.1) is 6.54 Å². The number of carbonyl (C=O) groups excluding carboxylic acids is 1. The van der Waals surface area contributed by atoms with Crippen LogP contribution in [-0.4, -0.2) is 19.0 Å². The van der Waals surface area contributed by atoms with Gasteiger partial charge in [-0.2, -0.15) is 0 Å². The van der Waals surface area contributed by atoms with E-state index in [-0.39, 0.29) is 12.5 Å². The van der Waals surface area contributed by atoms with E-state index >= 15 is 4.39 Å². The lowest BCUT2D eigenvalue weighted by molar-refractivity contribution is 0.0798. The van der Waals surface area contributed by atoms with Crippen LogP contribution in [0.4, 0.5) is 4.39 Å². The molecule has 3 rings (SSSR count). The van der Waals surface area contributed by atoms with E-state index in [9.17, 15) is 4.79 Å². The zero-order valence-corrected chi connectivity index (χ0v) is 11.6. The summed E-state index contributed by atoms with van der Waals surface area (Å²) in [6.45, 7) is 0.479. The molecular formula is C17H17FN2O. The summed E-state index contributed by atoms with van der Waals surface area (Å²) in [5, 5.41) is 5.55. The standard InChI is InChI=1S/C17H17FN2O/c18-17(12-19-16(21)14-7-2-1-3-8-14)15-9-5-4-6-13(15)10-11-20-17/h1-9,20H,10-12H2,(H,19,21). The number of carbonyl (C=O) groups is 1. The Bertz CT molecular complexity index is 644. The maximum atomic E-state index is 15.1. The van der Waals surface area contributed by atoms with E-state index in [0.29, 0.717) is 17.7 Å². The van der Waals surface area contributed by atoms with Gasteiger partial charge in [0.15, 0.2) is 0 Å². The van der Waals surface area contributed by atoms with Crippen LogP contribution in [0, 0.1) is 0 Å². The molecule has 0 bridgehead atoms. The Hall–Kier alpha value is -2.20. The average Bonchev–Trinajstić information content (AvgIpc) is 2.54. The minimum Gasteiger partial charge on any atom is -0.347 e. The van der Waals surface area contributed by atoms with Gasteiger partial charge in [0.2, 0.25) is 5.79 Å². The number of benzene rings is 2. The summed E-state index contributed by atoms with van der Waals surface area (Å²) in [6.07, 6.45) is 0.800. The van der Waals surface area contributed by atoms with Crippen molar-refractivity contribution in [2.24, 2.45) is 0 Å². The number of rotatable bonds is 3. The van der Waals surface area contributed by atoms with E-state index in [1.807, 2.05) is 24.3 Å². The zero-order chi connectivity index (χ0) is 14.7. The minimum atomic E-state index is -1.71. The summed E-state index contributed by atoms with van der Waals surface area (Å²) in [4.78, 5) is 12.0. The average molecular weight is 284 g/mol. The minimum absolute atomic E-state index is 0.0856. The first-order valence-corrected chi connectivity index (χ1v) is 7.05. The van der Waals surface area contributed by atoms with Gasteiger partial charge in [-0.3, -0.25) is 10.1 Å². The van der Waals surface area contributed by atoms with E-state index < -0.39 is 5.79 Å². The normalized spacial score (nSPS) is 20.6. The Morgan fingerprint density at radius 2 is 1.86 bits per heavy atom. The van der Waals surface area contributed by atoms with Crippen LogP contribution in [0.1, 0.15) is 21.5 Å². The first-order valence-electron chi connectivity index (χ1n) is 7.05. The smallest absolute Gasteiger partial charge is 0.251 e. The highest BCUT2D eigenvalue weighted by atomic mass is 19.1. The van der Waals surface area contributed by atoms with E-state index in [0.717, 1.165) is 12.0 Å². The second-order valence-corrected chi connectivity index (χ2v) is 5.18. The van der Waals surface area contributed by atoms with E-state index in [1.54, 1.807) is 30.3 Å². The molecule has 108 valence electrons. The predicted octanol–water partition coefficient (Wildman–Crippen LogP) is 2.38. The molecule has 1 unspecified atom stereocenters. The number of nitrogens with one attached hydrogen (secondary N) is 2. The molecule has 2 aromatic carbocycles. The Morgan fingerprint density at radius 1 is 1.14 bits per heavy atom. The summed E-state index contributed by atoms with van der Waals surface area (Å²) in [5.74, 6) is -1.98. The van der Waals surface area contributed by atoms with Gasteiger partial charge in [-0.25, -0.2) is 4.39 Å². The Balaban J connectivity index is 1.75. The molecule has 1 amide bonds. The van der Waals surface area contributed by atoms with Crippen molar-refractivity contribution < 1.29 is 9.18 Å². The third-order valence-electron chi connectivity index (χ3n) is 3.77. The molecule has 1 heterocycles. The molecule has 1 aliphatic rings. The van der Waals surface area contributed by atoms with Crippen LogP contribution in [-0.2, 0) is 12.2 Å². The molecule has 4 heteroatoms. The van der Waals surface area contributed by atoms with Crippen molar-refractivity contribution >= 4 is 5.91 Å². The topological polar surface area (TPSA) is 41.1 Å². The van der Waals surface area contributed by atoms with Gasteiger partial charge in [0, 0.05) is 17.7 Å². The molecule has 0 radical (unpaired) electrons. The number of alkyl halides is 1. The molecule has 21 heavy (non-hydrogen) atoms. The second-order valence-electron chi connectivity index (χ2n) is 5.18.